The van der Waals surface area contributed by atoms with Crippen molar-refractivity contribution in [2.45, 2.75) is 13.8 Å². The lowest BCUT2D eigenvalue weighted by atomic mass is 10.2. The minimum Gasteiger partial charge on any atom is -0.345 e. The standard InChI is InChI=1S/C9H15NO/c1-5-6-7-8(2)9(11)10(3)4/h5-7H,1-4H3/b6-5+,8-7-. The highest BCUT2D eigenvalue weighted by Gasteiger charge is 2.03. The third-order valence-corrected chi connectivity index (χ3v) is 1.28. The van der Waals surface area contributed by atoms with Crippen LogP contribution in [0.25, 0.3) is 0 Å². The van der Waals surface area contributed by atoms with Gasteiger partial charge in [-0.2, -0.15) is 0 Å². The van der Waals surface area contributed by atoms with E-state index in [0.717, 1.165) is 5.57 Å². The Labute approximate surface area is 68.2 Å². The van der Waals surface area contributed by atoms with E-state index in [1.54, 1.807) is 19.0 Å². The largest absolute Gasteiger partial charge is 0.345 e. The number of amides is 1. The highest BCUT2D eigenvalue weighted by atomic mass is 16.2. The predicted octanol–water partition coefficient (Wildman–Crippen LogP) is 1.60. The third kappa shape index (κ3) is 3.61. The number of likely N-dealkylation sites (N-methyl/N-ethyl adjacent to an activating group) is 1. The van der Waals surface area contributed by atoms with Crippen LogP contribution in [0, 0.1) is 0 Å². The number of nitrogens with zero attached hydrogens (tertiary/aromatic N) is 1. The van der Waals surface area contributed by atoms with Crippen LogP contribution in [0.2, 0.25) is 0 Å². The van der Waals surface area contributed by atoms with Crippen LogP contribution in [0.3, 0.4) is 0 Å². The van der Waals surface area contributed by atoms with Gasteiger partial charge in [0, 0.05) is 19.7 Å². The van der Waals surface area contributed by atoms with Gasteiger partial charge in [-0.1, -0.05) is 18.2 Å². The number of carbonyl (C=O) groups is 1. The minimum atomic E-state index is 0.0584. The highest BCUT2D eigenvalue weighted by molar-refractivity contribution is 5.92. The molecule has 2 heteroatoms. The fourth-order valence-electron chi connectivity index (χ4n) is 0.665. The van der Waals surface area contributed by atoms with Gasteiger partial charge in [0.05, 0.1) is 0 Å². The average molecular weight is 153 g/mol. The fourth-order valence-corrected chi connectivity index (χ4v) is 0.665. The summed E-state index contributed by atoms with van der Waals surface area (Å²) in [6.07, 6.45) is 5.56. The lowest BCUT2D eigenvalue weighted by Gasteiger charge is -2.09. The summed E-state index contributed by atoms with van der Waals surface area (Å²) in [6.45, 7) is 3.73. The van der Waals surface area contributed by atoms with Gasteiger partial charge >= 0.3 is 0 Å². The topological polar surface area (TPSA) is 20.3 Å². The Morgan fingerprint density at radius 3 is 2.27 bits per heavy atom. The maximum atomic E-state index is 11.2. The first kappa shape index (κ1) is 9.95. The van der Waals surface area contributed by atoms with E-state index in [1.807, 2.05) is 32.1 Å². The van der Waals surface area contributed by atoms with Gasteiger partial charge in [-0.25, -0.2) is 0 Å². The first-order valence-electron chi connectivity index (χ1n) is 3.60. The van der Waals surface area contributed by atoms with E-state index in [0.29, 0.717) is 0 Å². The van der Waals surface area contributed by atoms with Crippen molar-refractivity contribution >= 4 is 5.91 Å². The molecule has 0 atom stereocenters. The maximum absolute atomic E-state index is 11.2. The van der Waals surface area contributed by atoms with Gasteiger partial charge in [0.15, 0.2) is 0 Å². The zero-order valence-electron chi connectivity index (χ0n) is 7.59. The summed E-state index contributed by atoms with van der Waals surface area (Å²) in [5.41, 5.74) is 0.758. The monoisotopic (exact) mass is 153 g/mol. The zero-order valence-corrected chi connectivity index (χ0v) is 7.59. The lowest BCUT2D eigenvalue weighted by Crippen LogP contribution is -2.22. The predicted molar refractivity (Wildman–Crippen MR) is 47.3 cm³/mol. The molecule has 0 saturated heterocycles. The van der Waals surface area contributed by atoms with Gasteiger partial charge in [0.1, 0.15) is 0 Å². The van der Waals surface area contributed by atoms with E-state index in [2.05, 4.69) is 0 Å². The Balaban J connectivity index is 4.24. The van der Waals surface area contributed by atoms with Crippen LogP contribution >= 0.6 is 0 Å². The Morgan fingerprint density at radius 2 is 1.91 bits per heavy atom. The van der Waals surface area contributed by atoms with Gasteiger partial charge < -0.3 is 4.90 Å². The van der Waals surface area contributed by atoms with Crippen LogP contribution in [0.5, 0.6) is 0 Å². The van der Waals surface area contributed by atoms with Crippen molar-refractivity contribution in [1.29, 1.82) is 0 Å². The number of hydrogen-bond donors (Lipinski definition) is 0. The average Bonchev–Trinajstić information content (AvgIpc) is 1.98. The molecule has 0 rings (SSSR count). The molecule has 0 fully saturated rings. The van der Waals surface area contributed by atoms with E-state index in [1.165, 1.54) is 0 Å². The summed E-state index contributed by atoms with van der Waals surface area (Å²) in [5, 5.41) is 0. The Bertz CT molecular complexity index is 190. The number of allylic oxidation sites excluding steroid dienone is 3. The van der Waals surface area contributed by atoms with E-state index >= 15 is 0 Å². The smallest absolute Gasteiger partial charge is 0.248 e. The summed E-state index contributed by atoms with van der Waals surface area (Å²) in [4.78, 5) is 12.7. The molecule has 2 nitrogen and oxygen atoms in total. The SMILES string of the molecule is C/C=C/C=C(/C)C(=O)N(C)C. The molecule has 0 saturated carbocycles. The molecular formula is C9H15NO. The fraction of sp³-hybridized carbons (Fsp3) is 0.444. The molecule has 11 heavy (non-hydrogen) atoms. The number of carbonyl (C=O) groups excluding carboxylic acids is 1. The lowest BCUT2D eigenvalue weighted by molar-refractivity contribution is -0.124. The van der Waals surface area contributed by atoms with Crippen LogP contribution in [0.1, 0.15) is 13.8 Å². The third-order valence-electron chi connectivity index (χ3n) is 1.28. The molecule has 1 amide bonds. The maximum Gasteiger partial charge on any atom is 0.248 e. The van der Waals surface area contributed by atoms with Gasteiger partial charge in [-0.05, 0) is 13.8 Å². The molecule has 0 aromatic carbocycles. The van der Waals surface area contributed by atoms with Crippen molar-refractivity contribution < 1.29 is 4.79 Å². The van der Waals surface area contributed by atoms with E-state index in [-0.39, 0.29) is 5.91 Å². The minimum absolute atomic E-state index is 0.0584. The first-order chi connectivity index (χ1) is 5.09. The summed E-state index contributed by atoms with van der Waals surface area (Å²) in [5.74, 6) is 0.0584. The van der Waals surface area contributed by atoms with Crippen molar-refractivity contribution in [1.82, 2.24) is 4.90 Å². The Morgan fingerprint density at radius 1 is 1.36 bits per heavy atom. The van der Waals surface area contributed by atoms with Crippen molar-refractivity contribution in [2.24, 2.45) is 0 Å². The first-order valence-corrected chi connectivity index (χ1v) is 3.60. The summed E-state index contributed by atoms with van der Waals surface area (Å²) >= 11 is 0. The molecule has 0 radical (unpaired) electrons. The van der Waals surface area contributed by atoms with Crippen molar-refractivity contribution in [3.8, 4) is 0 Å². The van der Waals surface area contributed by atoms with E-state index in [4.69, 9.17) is 0 Å². The molecule has 0 aromatic heterocycles. The van der Waals surface area contributed by atoms with Crippen LogP contribution in [0.15, 0.2) is 23.8 Å². The van der Waals surface area contributed by atoms with E-state index < -0.39 is 0 Å². The molecule has 62 valence electrons. The Kier molecular flexibility index (Phi) is 4.27. The molecule has 0 N–H and O–H groups in total. The van der Waals surface area contributed by atoms with Gasteiger partial charge in [-0.3, -0.25) is 4.79 Å². The molecule has 0 aromatic rings. The zero-order chi connectivity index (χ0) is 8.85. The number of rotatable bonds is 2. The molecule has 0 heterocycles. The second-order valence-corrected chi connectivity index (χ2v) is 2.58. The van der Waals surface area contributed by atoms with Crippen LogP contribution in [-0.4, -0.2) is 24.9 Å². The van der Waals surface area contributed by atoms with Crippen molar-refractivity contribution in [2.75, 3.05) is 14.1 Å². The molecular weight excluding hydrogens is 138 g/mol. The van der Waals surface area contributed by atoms with Crippen LogP contribution < -0.4 is 0 Å². The Hall–Kier alpha value is -1.05. The van der Waals surface area contributed by atoms with E-state index in [9.17, 15) is 4.79 Å². The van der Waals surface area contributed by atoms with Gasteiger partial charge in [0.25, 0.3) is 0 Å². The second kappa shape index (κ2) is 4.72. The van der Waals surface area contributed by atoms with Crippen LogP contribution in [0.4, 0.5) is 0 Å². The van der Waals surface area contributed by atoms with Crippen LogP contribution in [-0.2, 0) is 4.79 Å². The molecule has 0 aliphatic heterocycles. The molecule has 0 unspecified atom stereocenters. The van der Waals surface area contributed by atoms with Gasteiger partial charge in [0.2, 0.25) is 5.91 Å². The molecule has 0 spiro atoms. The molecule has 0 aliphatic carbocycles. The molecule has 0 aliphatic rings. The summed E-state index contributed by atoms with van der Waals surface area (Å²) in [7, 11) is 3.49. The summed E-state index contributed by atoms with van der Waals surface area (Å²) in [6, 6.07) is 0. The highest BCUT2D eigenvalue weighted by Crippen LogP contribution is 1.96. The van der Waals surface area contributed by atoms with Crippen molar-refractivity contribution in [3.05, 3.63) is 23.8 Å². The second-order valence-electron chi connectivity index (χ2n) is 2.58. The molecule has 0 bridgehead atoms. The number of hydrogen-bond acceptors (Lipinski definition) is 1. The van der Waals surface area contributed by atoms with Gasteiger partial charge in [-0.15, -0.1) is 0 Å². The quantitative estimate of drug-likeness (QED) is 0.436. The van der Waals surface area contributed by atoms with Crippen molar-refractivity contribution in [3.63, 3.8) is 0 Å². The summed E-state index contributed by atoms with van der Waals surface area (Å²) < 4.78 is 0. The normalized spacial score (nSPS) is 12.2.